The van der Waals surface area contributed by atoms with Crippen LogP contribution in [0.3, 0.4) is 0 Å². The largest absolute Gasteiger partial charge is 0.493 e. The number of rotatable bonds is 7. The van der Waals surface area contributed by atoms with Crippen LogP contribution in [0, 0.1) is 0 Å². The number of aryl methyl sites for hydroxylation is 1. The quantitative estimate of drug-likeness (QED) is 0.360. The van der Waals surface area contributed by atoms with Crippen molar-refractivity contribution in [1.82, 2.24) is 5.32 Å². The fourth-order valence-electron chi connectivity index (χ4n) is 3.04. The summed E-state index contributed by atoms with van der Waals surface area (Å²) in [6.07, 6.45) is 3.83. The zero-order chi connectivity index (χ0) is 22.5. The minimum atomic E-state index is -0.789. The number of barbiturate groups is 1. The highest BCUT2D eigenvalue weighted by molar-refractivity contribution is 9.10. The SMILES string of the molecule is C=CCOc1c(Br)cc(/C=C2\C(=O)NC(=O)N(c3ccc(CC)cc3)C2=O)cc1OC. The van der Waals surface area contributed by atoms with Crippen LogP contribution in [0.25, 0.3) is 6.08 Å². The molecule has 0 unspecified atom stereocenters. The van der Waals surface area contributed by atoms with Crippen molar-refractivity contribution in [2.45, 2.75) is 13.3 Å². The predicted octanol–water partition coefficient (Wildman–Crippen LogP) is 4.25. The number of methoxy groups -OCH3 is 1. The summed E-state index contributed by atoms with van der Waals surface area (Å²) in [4.78, 5) is 38.8. The minimum absolute atomic E-state index is 0.173. The summed E-state index contributed by atoms with van der Waals surface area (Å²) in [5.74, 6) is -0.592. The molecule has 4 amide bonds. The molecule has 0 bridgehead atoms. The molecule has 3 rings (SSSR count). The molecule has 2 aromatic carbocycles. The molecule has 31 heavy (non-hydrogen) atoms. The Morgan fingerprint density at radius 1 is 1.16 bits per heavy atom. The molecule has 1 saturated heterocycles. The van der Waals surface area contributed by atoms with Gasteiger partial charge in [0.2, 0.25) is 0 Å². The fourth-order valence-corrected chi connectivity index (χ4v) is 3.62. The highest BCUT2D eigenvalue weighted by Crippen LogP contribution is 2.37. The first-order chi connectivity index (χ1) is 14.9. The first-order valence-electron chi connectivity index (χ1n) is 9.51. The maximum Gasteiger partial charge on any atom is 0.335 e. The van der Waals surface area contributed by atoms with E-state index in [1.165, 1.54) is 13.2 Å². The molecule has 1 N–H and O–H groups in total. The van der Waals surface area contributed by atoms with Crippen LogP contribution >= 0.6 is 15.9 Å². The third-order valence-electron chi connectivity index (χ3n) is 4.61. The lowest BCUT2D eigenvalue weighted by Gasteiger charge is -2.26. The van der Waals surface area contributed by atoms with Gasteiger partial charge in [-0.05, 0) is 63.8 Å². The third kappa shape index (κ3) is 4.69. The van der Waals surface area contributed by atoms with Crippen molar-refractivity contribution in [1.29, 1.82) is 0 Å². The summed E-state index contributed by atoms with van der Waals surface area (Å²) in [5.41, 5.74) is 1.79. The van der Waals surface area contributed by atoms with Gasteiger partial charge in [0, 0.05) is 0 Å². The molecular formula is C23H21BrN2O5. The maximum absolute atomic E-state index is 13.1. The summed E-state index contributed by atoms with van der Waals surface area (Å²) >= 11 is 3.42. The molecular weight excluding hydrogens is 464 g/mol. The van der Waals surface area contributed by atoms with E-state index in [4.69, 9.17) is 9.47 Å². The highest BCUT2D eigenvalue weighted by atomic mass is 79.9. The Morgan fingerprint density at radius 2 is 1.87 bits per heavy atom. The zero-order valence-electron chi connectivity index (χ0n) is 17.1. The molecule has 0 atom stereocenters. The van der Waals surface area contributed by atoms with E-state index < -0.39 is 17.8 Å². The number of ether oxygens (including phenoxy) is 2. The number of nitrogens with zero attached hydrogens (tertiary/aromatic N) is 1. The summed E-state index contributed by atoms with van der Waals surface area (Å²) < 4.78 is 11.5. The summed E-state index contributed by atoms with van der Waals surface area (Å²) in [7, 11) is 1.48. The molecule has 0 saturated carbocycles. The second kappa shape index (κ2) is 9.61. The Kier molecular flexibility index (Phi) is 6.91. The molecule has 1 fully saturated rings. The molecule has 0 aromatic heterocycles. The number of anilines is 1. The van der Waals surface area contributed by atoms with E-state index in [-0.39, 0.29) is 12.2 Å². The minimum Gasteiger partial charge on any atom is -0.493 e. The van der Waals surface area contributed by atoms with Gasteiger partial charge in [0.25, 0.3) is 11.8 Å². The van der Waals surface area contributed by atoms with Crippen LogP contribution in [0.2, 0.25) is 0 Å². The monoisotopic (exact) mass is 484 g/mol. The van der Waals surface area contributed by atoms with Crippen LogP contribution in [0.5, 0.6) is 11.5 Å². The van der Waals surface area contributed by atoms with Gasteiger partial charge in [-0.1, -0.05) is 31.7 Å². The molecule has 8 heteroatoms. The van der Waals surface area contributed by atoms with Crippen LogP contribution < -0.4 is 19.7 Å². The number of carbonyl (C=O) groups excluding carboxylic acids is 3. The van der Waals surface area contributed by atoms with Gasteiger partial charge in [-0.2, -0.15) is 0 Å². The smallest absolute Gasteiger partial charge is 0.335 e. The lowest BCUT2D eigenvalue weighted by atomic mass is 10.1. The zero-order valence-corrected chi connectivity index (χ0v) is 18.7. The van der Waals surface area contributed by atoms with Crippen molar-refractivity contribution in [2.75, 3.05) is 18.6 Å². The highest BCUT2D eigenvalue weighted by Gasteiger charge is 2.36. The Morgan fingerprint density at radius 3 is 2.48 bits per heavy atom. The number of hydrogen-bond donors (Lipinski definition) is 1. The van der Waals surface area contributed by atoms with Gasteiger partial charge in [0.15, 0.2) is 11.5 Å². The van der Waals surface area contributed by atoms with E-state index in [0.717, 1.165) is 16.9 Å². The lowest BCUT2D eigenvalue weighted by Crippen LogP contribution is -2.54. The molecule has 0 spiro atoms. The average molecular weight is 485 g/mol. The second-order valence-electron chi connectivity index (χ2n) is 6.61. The number of nitrogens with one attached hydrogen (secondary N) is 1. The normalized spacial score (nSPS) is 15.1. The Hall–Kier alpha value is -3.39. The van der Waals surface area contributed by atoms with E-state index in [1.54, 1.807) is 30.3 Å². The van der Waals surface area contributed by atoms with Crippen molar-refractivity contribution in [3.8, 4) is 11.5 Å². The van der Waals surface area contributed by atoms with Gasteiger partial charge in [-0.15, -0.1) is 0 Å². The summed E-state index contributed by atoms with van der Waals surface area (Å²) in [6.45, 7) is 5.90. The van der Waals surface area contributed by atoms with Crippen LogP contribution in [0.15, 0.2) is 59.1 Å². The summed E-state index contributed by atoms with van der Waals surface area (Å²) in [5, 5.41) is 2.22. The van der Waals surface area contributed by atoms with Crippen molar-refractivity contribution < 1.29 is 23.9 Å². The van der Waals surface area contributed by atoms with Crippen LogP contribution in [-0.2, 0) is 16.0 Å². The lowest BCUT2D eigenvalue weighted by molar-refractivity contribution is -0.122. The molecule has 0 aliphatic carbocycles. The van der Waals surface area contributed by atoms with Crippen LogP contribution in [0.1, 0.15) is 18.1 Å². The average Bonchev–Trinajstić information content (AvgIpc) is 2.76. The maximum atomic E-state index is 13.1. The molecule has 1 aliphatic rings. The van der Waals surface area contributed by atoms with E-state index in [1.807, 2.05) is 19.1 Å². The third-order valence-corrected chi connectivity index (χ3v) is 5.20. The summed E-state index contributed by atoms with van der Waals surface area (Å²) in [6, 6.07) is 9.55. The van der Waals surface area contributed by atoms with Gasteiger partial charge in [-0.25, -0.2) is 9.69 Å². The molecule has 7 nitrogen and oxygen atoms in total. The van der Waals surface area contributed by atoms with Crippen molar-refractivity contribution >= 4 is 45.5 Å². The fraction of sp³-hybridized carbons (Fsp3) is 0.174. The number of imide groups is 2. The van der Waals surface area contributed by atoms with Crippen molar-refractivity contribution in [3.05, 3.63) is 70.2 Å². The van der Waals surface area contributed by atoms with Crippen molar-refractivity contribution in [3.63, 3.8) is 0 Å². The first kappa shape index (κ1) is 22.3. The Bertz CT molecular complexity index is 1080. The molecule has 1 aliphatic heterocycles. The van der Waals surface area contributed by atoms with Gasteiger partial charge in [-0.3, -0.25) is 14.9 Å². The second-order valence-corrected chi connectivity index (χ2v) is 7.47. The molecule has 1 heterocycles. The Balaban J connectivity index is 1.99. The molecule has 2 aromatic rings. The number of carbonyl (C=O) groups is 3. The van der Waals surface area contributed by atoms with E-state index in [0.29, 0.717) is 27.2 Å². The van der Waals surface area contributed by atoms with Crippen LogP contribution in [0.4, 0.5) is 10.5 Å². The topological polar surface area (TPSA) is 84.9 Å². The number of urea groups is 1. The number of hydrogen-bond acceptors (Lipinski definition) is 5. The van der Waals surface area contributed by atoms with Gasteiger partial charge in [0.1, 0.15) is 12.2 Å². The number of halogens is 1. The van der Waals surface area contributed by atoms with E-state index >= 15 is 0 Å². The first-order valence-corrected chi connectivity index (χ1v) is 10.3. The number of benzene rings is 2. The van der Waals surface area contributed by atoms with Gasteiger partial charge in [0.05, 0.1) is 17.3 Å². The standard InChI is InChI=1S/C23H21BrN2O5/c1-4-10-31-20-18(24)12-15(13-19(20)30-3)11-17-21(27)25-23(29)26(22(17)28)16-8-6-14(5-2)7-9-16/h4,6-9,11-13H,1,5,10H2,2-3H3,(H,25,27,29)/b17-11+. The van der Waals surface area contributed by atoms with E-state index in [2.05, 4.69) is 27.8 Å². The Labute approximate surface area is 188 Å². The van der Waals surface area contributed by atoms with Crippen molar-refractivity contribution in [2.24, 2.45) is 0 Å². The van der Waals surface area contributed by atoms with Crippen LogP contribution in [-0.4, -0.2) is 31.6 Å². The number of amides is 4. The molecule has 0 radical (unpaired) electrons. The predicted molar refractivity (Wildman–Crippen MR) is 121 cm³/mol. The van der Waals surface area contributed by atoms with Gasteiger partial charge >= 0.3 is 6.03 Å². The van der Waals surface area contributed by atoms with Gasteiger partial charge < -0.3 is 9.47 Å². The molecule has 160 valence electrons. The van der Waals surface area contributed by atoms with E-state index in [9.17, 15) is 14.4 Å².